The highest BCUT2D eigenvalue weighted by atomic mass is 32.2. The highest BCUT2D eigenvalue weighted by Gasteiger charge is 2.30. The molecule has 4 rings (SSSR count). The topological polar surface area (TPSA) is 109 Å². The van der Waals surface area contributed by atoms with Gasteiger partial charge in [-0.3, -0.25) is 4.79 Å². The highest BCUT2D eigenvalue weighted by molar-refractivity contribution is 7.78. The van der Waals surface area contributed by atoms with E-state index in [0.717, 1.165) is 40.6 Å². The van der Waals surface area contributed by atoms with Crippen molar-refractivity contribution in [1.82, 2.24) is 10.2 Å². The number of primary amides is 1. The van der Waals surface area contributed by atoms with E-state index in [0.29, 0.717) is 11.6 Å². The van der Waals surface area contributed by atoms with Crippen molar-refractivity contribution in [3.63, 3.8) is 0 Å². The Balaban J connectivity index is 1.76. The lowest BCUT2D eigenvalue weighted by Gasteiger charge is -2.22. The van der Waals surface area contributed by atoms with E-state index in [9.17, 15) is 9.00 Å². The van der Waals surface area contributed by atoms with Crippen LogP contribution in [0.4, 0.5) is 5.69 Å². The van der Waals surface area contributed by atoms with Gasteiger partial charge >= 0.3 is 0 Å². The largest absolute Gasteiger partial charge is 0.369 e. The summed E-state index contributed by atoms with van der Waals surface area (Å²) in [5.41, 5.74) is 9.84. The Morgan fingerprint density at radius 1 is 1.18 bits per heavy atom. The standard InChI is InChI=1S/C20H20N4O3S/c1-24(15-7-8-15)19-16-9-6-14(10-17(16)22-23-18(19)20(21)25)13-4-2-12(3-5-13)11-28(26)27/h2-6,9-10,15H,7-8,11H2,1H3,(H2,21,25)(H,26,27). The molecule has 0 aliphatic heterocycles. The maximum Gasteiger partial charge on any atom is 0.271 e. The number of rotatable bonds is 6. The van der Waals surface area contributed by atoms with Crippen LogP contribution in [0.5, 0.6) is 0 Å². The zero-order valence-corrected chi connectivity index (χ0v) is 16.1. The van der Waals surface area contributed by atoms with E-state index in [2.05, 4.69) is 15.1 Å². The second-order valence-corrected chi connectivity index (χ2v) is 7.93. The SMILES string of the molecule is CN(c1c(C(N)=O)nnc2cc(-c3ccc(CS(=O)O)cc3)ccc12)C1CC1. The Hall–Kier alpha value is -2.84. The van der Waals surface area contributed by atoms with Gasteiger partial charge in [0.05, 0.1) is 17.0 Å². The van der Waals surface area contributed by atoms with Crippen molar-refractivity contribution >= 4 is 33.6 Å². The van der Waals surface area contributed by atoms with Crippen molar-refractivity contribution in [3.8, 4) is 11.1 Å². The number of anilines is 1. The van der Waals surface area contributed by atoms with Crippen molar-refractivity contribution in [2.75, 3.05) is 11.9 Å². The molecule has 3 N–H and O–H groups in total. The molecule has 1 heterocycles. The van der Waals surface area contributed by atoms with E-state index >= 15 is 0 Å². The number of fused-ring (bicyclic) bond motifs is 1. The third-order valence-corrected chi connectivity index (χ3v) is 5.57. The van der Waals surface area contributed by atoms with Crippen LogP contribution in [0.25, 0.3) is 22.0 Å². The Kier molecular flexibility index (Phi) is 4.82. The number of nitrogens with zero attached hydrogens (tertiary/aromatic N) is 3. The summed E-state index contributed by atoms with van der Waals surface area (Å²) < 4.78 is 19.9. The van der Waals surface area contributed by atoms with Gasteiger partial charge in [0.25, 0.3) is 5.91 Å². The quantitative estimate of drug-likeness (QED) is 0.620. The summed E-state index contributed by atoms with van der Waals surface area (Å²) in [4.78, 5) is 13.9. The number of carbonyl (C=O) groups is 1. The zero-order chi connectivity index (χ0) is 19.8. The van der Waals surface area contributed by atoms with E-state index in [-0.39, 0.29) is 11.4 Å². The smallest absolute Gasteiger partial charge is 0.271 e. The van der Waals surface area contributed by atoms with Gasteiger partial charge in [0.15, 0.2) is 16.8 Å². The van der Waals surface area contributed by atoms with Crippen LogP contribution in [0.2, 0.25) is 0 Å². The first-order valence-electron chi connectivity index (χ1n) is 8.94. The van der Waals surface area contributed by atoms with Crippen LogP contribution >= 0.6 is 0 Å². The third kappa shape index (κ3) is 3.61. The fourth-order valence-electron chi connectivity index (χ4n) is 3.38. The Labute approximate surface area is 164 Å². The van der Waals surface area contributed by atoms with Crippen LogP contribution in [0.1, 0.15) is 28.9 Å². The van der Waals surface area contributed by atoms with Gasteiger partial charge in [-0.1, -0.05) is 30.3 Å². The summed E-state index contributed by atoms with van der Waals surface area (Å²) in [5.74, 6) is -0.478. The molecule has 1 amide bonds. The number of hydrogen-bond acceptors (Lipinski definition) is 5. The fourth-order valence-corrected chi connectivity index (χ4v) is 3.85. The first-order valence-corrected chi connectivity index (χ1v) is 10.2. The van der Waals surface area contributed by atoms with E-state index in [1.807, 2.05) is 49.5 Å². The monoisotopic (exact) mass is 396 g/mol. The lowest BCUT2D eigenvalue weighted by atomic mass is 10.0. The lowest BCUT2D eigenvalue weighted by Crippen LogP contribution is -2.26. The maximum atomic E-state index is 11.9. The molecule has 0 bridgehead atoms. The number of carbonyl (C=O) groups excluding carboxylic acids is 1. The van der Waals surface area contributed by atoms with Crippen molar-refractivity contribution in [2.24, 2.45) is 5.73 Å². The second-order valence-electron chi connectivity index (χ2n) is 7.00. The number of hydrogen-bond donors (Lipinski definition) is 2. The minimum atomic E-state index is -1.86. The van der Waals surface area contributed by atoms with Crippen molar-refractivity contribution < 1.29 is 13.6 Å². The van der Waals surface area contributed by atoms with Gasteiger partial charge in [0, 0.05) is 18.5 Å². The van der Waals surface area contributed by atoms with Crippen LogP contribution in [0.3, 0.4) is 0 Å². The predicted molar refractivity (Wildman–Crippen MR) is 109 cm³/mol. The Bertz CT molecular complexity index is 1080. The normalized spacial score (nSPS) is 14.8. The van der Waals surface area contributed by atoms with E-state index in [1.165, 1.54) is 0 Å². The third-order valence-electron chi connectivity index (χ3n) is 4.99. The average molecular weight is 396 g/mol. The van der Waals surface area contributed by atoms with Crippen molar-refractivity contribution in [1.29, 1.82) is 0 Å². The first kappa shape index (κ1) is 18.5. The number of amides is 1. The highest BCUT2D eigenvalue weighted by Crippen LogP contribution is 2.36. The van der Waals surface area contributed by atoms with Gasteiger partial charge in [-0.2, -0.15) is 0 Å². The fraction of sp³-hybridized carbons (Fsp3) is 0.250. The summed E-state index contributed by atoms with van der Waals surface area (Å²) in [7, 11) is 1.96. The molecule has 8 heteroatoms. The molecule has 1 unspecified atom stereocenters. The van der Waals surface area contributed by atoms with Gasteiger partial charge in [-0.05, 0) is 41.7 Å². The average Bonchev–Trinajstić information content (AvgIpc) is 3.51. The Morgan fingerprint density at radius 2 is 1.86 bits per heavy atom. The molecular weight excluding hydrogens is 376 g/mol. The maximum absolute atomic E-state index is 11.9. The molecule has 1 saturated carbocycles. The second kappa shape index (κ2) is 7.29. The first-order chi connectivity index (χ1) is 13.4. The molecule has 0 spiro atoms. The molecule has 1 fully saturated rings. The van der Waals surface area contributed by atoms with E-state index in [1.54, 1.807) is 0 Å². The summed E-state index contributed by atoms with van der Waals surface area (Å²) in [6.45, 7) is 0. The number of aromatic nitrogens is 2. The summed E-state index contributed by atoms with van der Waals surface area (Å²) >= 11 is -1.86. The van der Waals surface area contributed by atoms with Crippen LogP contribution in [-0.4, -0.2) is 38.0 Å². The van der Waals surface area contributed by atoms with Crippen molar-refractivity contribution in [2.45, 2.75) is 24.6 Å². The molecule has 1 atom stereocenters. The molecule has 0 radical (unpaired) electrons. The zero-order valence-electron chi connectivity index (χ0n) is 15.3. The van der Waals surface area contributed by atoms with Crippen LogP contribution in [0, 0.1) is 0 Å². The molecule has 1 aliphatic carbocycles. The number of nitrogens with two attached hydrogens (primary N) is 1. The molecule has 1 aromatic heterocycles. The van der Waals surface area contributed by atoms with Crippen LogP contribution in [0.15, 0.2) is 42.5 Å². The summed E-state index contributed by atoms with van der Waals surface area (Å²) in [6, 6.07) is 13.7. The van der Waals surface area contributed by atoms with E-state index in [4.69, 9.17) is 10.3 Å². The van der Waals surface area contributed by atoms with E-state index < -0.39 is 17.0 Å². The van der Waals surface area contributed by atoms with Gasteiger partial charge in [0.2, 0.25) is 0 Å². The van der Waals surface area contributed by atoms with Gasteiger partial charge in [-0.15, -0.1) is 10.2 Å². The van der Waals surface area contributed by atoms with Gasteiger partial charge in [-0.25, -0.2) is 4.21 Å². The molecule has 28 heavy (non-hydrogen) atoms. The molecule has 7 nitrogen and oxygen atoms in total. The van der Waals surface area contributed by atoms with Gasteiger partial charge in [0.1, 0.15) is 0 Å². The minimum Gasteiger partial charge on any atom is -0.369 e. The summed E-state index contributed by atoms with van der Waals surface area (Å²) in [6.07, 6.45) is 2.17. The molecule has 0 saturated heterocycles. The van der Waals surface area contributed by atoms with Crippen LogP contribution < -0.4 is 10.6 Å². The Morgan fingerprint density at radius 3 is 2.46 bits per heavy atom. The molecular formula is C20H20N4O3S. The lowest BCUT2D eigenvalue weighted by molar-refractivity contribution is 0.0995. The molecule has 1 aliphatic rings. The molecule has 2 aromatic carbocycles. The van der Waals surface area contributed by atoms with Crippen molar-refractivity contribution in [3.05, 3.63) is 53.7 Å². The molecule has 3 aromatic rings. The van der Waals surface area contributed by atoms with Crippen LogP contribution in [-0.2, 0) is 16.8 Å². The number of benzene rings is 2. The predicted octanol–water partition coefficient (Wildman–Crippen LogP) is 2.72. The van der Waals surface area contributed by atoms with Gasteiger partial charge < -0.3 is 15.2 Å². The summed E-state index contributed by atoms with van der Waals surface area (Å²) in [5, 5.41) is 9.15. The minimum absolute atomic E-state index is 0.107. The molecule has 144 valence electrons.